The van der Waals surface area contributed by atoms with Gasteiger partial charge in [0.15, 0.2) is 0 Å². The lowest BCUT2D eigenvalue weighted by Crippen LogP contribution is -2.56. The van der Waals surface area contributed by atoms with E-state index < -0.39 is 5.92 Å². The SMILES string of the molecule is CCC(C)(C)NC(=O)c1ccc(N2CC(F)(F)C2)c(OCC2CC2)n1. The van der Waals surface area contributed by atoms with Crippen LogP contribution >= 0.6 is 0 Å². The van der Waals surface area contributed by atoms with Crippen LogP contribution in [-0.2, 0) is 0 Å². The summed E-state index contributed by atoms with van der Waals surface area (Å²) in [5.41, 5.74) is 0.424. The lowest BCUT2D eigenvalue weighted by Gasteiger charge is -2.40. The van der Waals surface area contributed by atoms with Crippen LogP contribution in [0.5, 0.6) is 5.88 Å². The molecule has 0 bridgehead atoms. The van der Waals surface area contributed by atoms with Crippen molar-refractivity contribution in [3.63, 3.8) is 0 Å². The average Bonchev–Trinajstić information content (AvgIpc) is 3.34. The van der Waals surface area contributed by atoms with Crippen LogP contribution in [0.15, 0.2) is 12.1 Å². The Labute approximate surface area is 146 Å². The number of anilines is 1. The topological polar surface area (TPSA) is 54.5 Å². The number of halogens is 2. The van der Waals surface area contributed by atoms with Crippen molar-refractivity contribution in [2.24, 2.45) is 5.92 Å². The fourth-order valence-electron chi connectivity index (χ4n) is 2.53. The summed E-state index contributed by atoms with van der Waals surface area (Å²) in [6.07, 6.45) is 3.01. The number of ether oxygens (including phenoxy) is 1. The number of alkyl halides is 2. The smallest absolute Gasteiger partial charge is 0.282 e. The molecule has 0 spiro atoms. The Kier molecular flexibility index (Phi) is 4.60. The Morgan fingerprint density at radius 3 is 2.64 bits per heavy atom. The first-order valence-electron chi connectivity index (χ1n) is 8.78. The second-order valence-corrected chi connectivity index (χ2v) is 7.68. The van der Waals surface area contributed by atoms with Crippen LogP contribution < -0.4 is 15.0 Å². The standard InChI is InChI=1S/C18H25F2N3O2/c1-4-17(2,3)22-15(24)13-7-8-14(23-10-18(19,20)11-23)16(21-13)25-9-12-5-6-12/h7-8,12H,4-6,9-11H2,1-3H3,(H,22,24). The summed E-state index contributed by atoms with van der Waals surface area (Å²) in [5, 5.41) is 2.93. The maximum absolute atomic E-state index is 13.2. The normalized spacial score (nSPS) is 19.3. The van der Waals surface area contributed by atoms with E-state index in [1.165, 1.54) is 4.90 Å². The molecule has 0 aromatic carbocycles. The van der Waals surface area contributed by atoms with Crippen LogP contribution in [0.25, 0.3) is 0 Å². The van der Waals surface area contributed by atoms with Gasteiger partial charge in [0.1, 0.15) is 11.4 Å². The predicted molar refractivity (Wildman–Crippen MR) is 91.5 cm³/mol. The minimum atomic E-state index is -2.67. The summed E-state index contributed by atoms with van der Waals surface area (Å²) in [5.74, 6) is -2.19. The zero-order valence-corrected chi connectivity index (χ0v) is 14.9. The van der Waals surface area contributed by atoms with E-state index in [-0.39, 0.29) is 36.1 Å². The number of aromatic nitrogens is 1. The van der Waals surface area contributed by atoms with Crippen molar-refractivity contribution in [2.75, 3.05) is 24.6 Å². The molecule has 7 heteroatoms. The number of nitrogens with zero attached hydrogens (tertiary/aromatic N) is 2. The molecular formula is C18H25F2N3O2. The van der Waals surface area contributed by atoms with Gasteiger partial charge in [0.2, 0.25) is 5.88 Å². The number of hydrogen-bond acceptors (Lipinski definition) is 4. The fourth-order valence-corrected chi connectivity index (χ4v) is 2.53. The minimum Gasteiger partial charge on any atom is -0.476 e. The molecular weight excluding hydrogens is 328 g/mol. The van der Waals surface area contributed by atoms with Crippen LogP contribution in [0.2, 0.25) is 0 Å². The Balaban J connectivity index is 1.78. The number of amides is 1. The van der Waals surface area contributed by atoms with Gasteiger partial charge in [-0.25, -0.2) is 13.8 Å². The van der Waals surface area contributed by atoms with Crippen molar-refractivity contribution in [3.8, 4) is 5.88 Å². The first-order valence-corrected chi connectivity index (χ1v) is 8.78. The molecule has 1 aromatic rings. The van der Waals surface area contributed by atoms with Gasteiger partial charge in [0, 0.05) is 5.54 Å². The molecule has 5 nitrogen and oxygen atoms in total. The highest BCUT2D eigenvalue weighted by atomic mass is 19.3. The molecule has 0 atom stereocenters. The number of carbonyl (C=O) groups excluding carboxylic acids is 1. The zero-order valence-electron chi connectivity index (χ0n) is 14.9. The molecule has 1 aliphatic carbocycles. The van der Waals surface area contributed by atoms with Gasteiger partial charge >= 0.3 is 0 Å². The molecule has 2 fully saturated rings. The summed E-state index contributed by atoms with van der Waals surface area (Å²) in [7, 11) is 0. The van der Waals surface area contributed by atoms with Crippen molar-refractivity contribution < 1.29 is 18.3 Å². The van der Waals surface area contributed by atoms with Crippen molar-refractivity contribution in [2.45, 2.75) is 51.5 Å². The second-order valence-electron chi connectivity index (χ2n) is 7.68. The van der Waals surface area contributed by atoms with Gasteiger partial charge in [-0.3, -0.25) is 4.79 Å². The van der Waals surface area contributed by atoms with Gasteiger partial charge in [-0.15, -0.1) is 0 Å². The van der Waals surface area contributed by atoms with Crippen molar-refractivity contribution in [1.82, 2.24) is 10.3 Å². The molecule has 1 saturated carbocycles. The third-order valence-corrected chi connectivity index (χ3v) is 4.75. The first kappa shape index (κ1) is 17.9. The first-order chi connectivity index (χ1) is 11.7. The van der Waals surface area contributed by atoms with E-state index in [4.69, 9.17) is 4.74 Å². The monoisotopic (exact) mass is 353 g/mol. The Bertz CT molecular complexity index is 652. The fraction of sp³-hybridized carbons (Fsp3) is 0.667. The molecule has 1 N–H and O–H groups in total. The molecule has 0 radical (unpaired) electrons. The van der Waals surface area contributed by atoms with Crippen LogP contribution in [0.3, 0.4) is 0 Å². The van der Waals surface area contributed by atoms with Gasteiger partial charge in [-0.1, -0.05) is 6.92 Å². The number of carbonyl (C=O) groups is 1. The van der Waals surface area contributed by atoms with Crippen LogP contribution in [0.4, 0.5) is 14.5 Å². The maximum atomic E-state index is 13.2. The highest BCUT2D eigenvalue weighted by molar-refractivity contribution is 5.93. The lowest BCUT2D eigenvalue weighted by molar-refractivity contribution is -0.0265. The molecule has 138 valence electrons. The minimum absolute atomic E-state index is 0.239. The van der Waals surface area contributed by atoms with Crippen molar-refractivity contribution in [1.29, 1.82) is 0 Å². The molecule has 25 heavy (non-hydrogen) atoms. The van der Waals surface area contributed by atoms with Crippen LogP contribution in [-0.4, -0.2) is 42.0 Å². The number of pyridine rings is 1. The second kappa shape index (κ2) is 6.42. The average molecular weight is 353 g/mol. The van der Waals surface area contributed by atoms with Gasteiger partial charge in [0.25, 0.3) is 11.8 Å². The van der Waals surface area contributed by atoms with Crippen LogP contribution in [0.1, 0.15) is 50.5 Å². The molecule has 1 aliphatic heterocycles. The van der Waals surface area contributed by atoms with E-state index in [1.807, 2.05) is 20.8 Å². The number of nitrogens with one attached hydrogen (secondary N) is 1. The molecule has 2 heterocycles. The third-order valence-electron chi connectivity index (χ3n) is 4.75. The van der Waals surface area contributed by atoms with Gasteiger partial charge in [-0.05, 0) is 51.2 Å². The summed E-state index contributed by atoms with van der Waals surface area (Å²) >= 11 is 0. The Morgan fingerprint density at radius 1 is 1.40 bits per heavy atom. The molecule has 0 unspecified atom stereocenters. The molecule has 1 aromatic heterocycles. The highest BCUT2D eigenvalue weighted by Gasteiger charge is 2.45. The highest BCUT2D eigenvalue weighted by Crippen LogP contribution is 2.37. The number of hydrogen-bond donors (Lipinski definition) is 1. The molecule has 1 saturated heterocycles. The molecule has 2 aliphatic rings. The predicted octanol–water partition coefficient (Wildman–Crippen LogP) is 3.24. The maximum Gasteiger partial charge on any atom is 0.282 e. The van der Waals surface area contributed by atoms with E-state index in [2.05, 4.69) is 10.3 Å². The summed E-state index contributed by atoms with van der Waals surface area (Å²) in [6, 6.07) is 3.22. The third kappa shape index (κ3) is 4.38. The summed E-state index contributed by atoms with van der Waals surface area (Å²) in [6.45, 7) is 5.68. The quantitative estimate of drug-likeness (QED) is 0.818. The van der Waals surface area contributed by atoms with Crippen LogP contribution in [0, 0.1) is 5.92 Å². The van der Waals surface area contributed by atoms with E-state index >= 15 is 0 Å². The van der Waals surface area contributed by atoms with E-state index in [1.54, 1.807) is 12.1 Å². The van der Waals surface area contributed by atoms with E-state index in [0.29, 0.717) is 18.2 Å². The number of rotatable bonds is 7. The Morgan fingerprint density at radius 2 is 2.08 bits per heavy atom. The van der Waals surface area contributed by atoms with Crippen molar-refractivity contribution in [3.05, 3.63) is 17.8 Å². The van der Waals surface area contributed by atoms with E-state index in [0.717, 1.165) is 19.3 Å². The van der Waals surface area contributed by atoms with Gasteiger partial charge in [-0.2, -0.15) is 0 Å². The lowest BCUT2D eigenvalue weighted by atomic mass is 10.0. The van der Waals surface area contributed by atoms with E-state index in [9.17, 15) is 13.6 Å². The largest absolute Gasteiger partial charge is 0.476 e. The Hall–Kier alpha value is -1.92. The van der Waals surface area contributed by atoms with Crippen molar-refractivity contribution >= 4 is 11.6 Å². The molecule has 1 amide bonds. The summed E-state index contributed by atoms with van der Waals surface area (Å²) < 4.78 is 32.1. The van der Waals surface area contributed by atoms with Gasteiger partial charge in [0.05, 0.1) is 19.7 Å². The summed E-state index contributed by atoms with van der Waals surface area (Å²) in [4.78, 5) is 18.3. The zero-order chi connectivity index (χ0) is 18.2. The molecule has 3 rings (SSSR count). The van der Waals surface area contributed by atoms with Gasteiger partial charge < -0.3 is 15.0 Å².